The molecule has 1 aliphatic carbocycles. The molecule has 0 atom stereocenters. The van der Waals surface area contributed by atoms with Crippen molar-refractivity contribution < 1.29 is 9.53 Å². The molecule has 7 nitrogen and oxygen atoms in total. The van der Waals surface area contributed by atoms with Crippen LogP contribution in [0.1, 0.15) is 56.3 Å². The predicted octanol–water partition coefficient (Wildman–Crippen LogP) is 4.21. The first-order valence-corrected chi connectivity index (χ1v) is 11.4. The summed E-state index contributed by atoms with van der Waals surface area (Å²) in [5.41, 5.74) is 3.47. The molecule has 3 heterocycles. The average Bonchev–Trinajstić information content (AvgIpc) is 3.61. The number of aromatic amines is 1. The molecule has 170 valence electrons. The van der Waals surface area contributed by atoms with E-state index in [0.29, 0.717) is 24.4 Å². The second kappa shape index (κ2) is 7.83. The van der Waals surface area contributed by atoms with Gasteiger partial charge in [-0.1, -0.05) is 30.3 Å². The Morgan fingerprint density at radius 2 is 1.88 bits per heavy atom. The molecule has 7 heteroatoms. The number of nitrogens with zero attached hydrogens (tertiary/aromatic N) is 3. The lowest BCUT2D eigenvalue weighted by Crippen LogP contribution is -2.42. The second-order valence-electron chi connectivity index (χ2n) is 9.90. The molecule has 1 aromatic carbocycles. The van der Waals surface area contributed by atoms with Crippen LogP contribution >= 0.6 is 0 Å². The summed E-state index contributed by atoms with van der Waals surface area (Å²) in [5.74, 6) is 0.698. The molecule has 0 bridgehead atoms. The summed E-state index contributed by atoms with van der Waals surface area (Å²) >= 11 is 0. The highest BCUT2D eigenvalue weighted by Gasteiger charge is 2.49. The summed E-state index contributed by atoms with van der Waals surface area (Å²) in [6, 6.07) is 12.3. The Balaban J connectivity index is 1.44. The highest BCUT2D eigenvalue weighted by Crippen LogP contribution is 2.52. The molecule has 1 fully saturated rings. The maximum Gasteiger partial charge on any atom is 0.410 e. The van der Waals surface area contributed by atoms with Crippen molar-refractivity contribution in [1.82, 2.24) is 19.9 Å². The zero-order valence-corrected chi connectivity index (χ0v) is 19.2. The molecule has 1 amide bonds. The number of fused-ring (bicyclic) bond motifs is 1. The highest BCUT2D eigenvalue weighted by atomic mass is 16.6. The zero-order valence-electron chi connectivity index (χ0n) is 19.2. The smallest absolute Gasteiger partial charge is 0.410 e. The lowest BCUT2D eigenvalue weighted by molar-refractivity contribution is 0.0221. The van der Waals surface area contributed by atoms with Crippen LogP contribution in [-0.2, 0) is 23.1 Å². The molecule has 0 saturated heterocycles. The number of amides is 1. The lowest BCUT2D eigenvalue weighted by Gasteiger charge is -2.30. The number of aromatic nitrogens is 3. The lowest BCUT2D eigenvalue weighted by atomic mass is 9.93. The Labute approximate surface area is 192 Å². The first-order chi connectivity index (χ1) is 15.7. The van der Waals surface area contributed by atoms with Gasteiger partial charge >= 0.3 is 6.09 Å². The van der Waals surface area contributed by atoms with Crippen LogP contribution in [-0.4, -0.2) is 38.1 Å². The second-order valence-corrected chi connectivity index (χ2v) is 9.90. The van der Waals surface area contributed by atoms with E-state index in [2.05, 4.69) is 28.2 Å². The number of hydrogen-bond donors (Lipinski definition) is 1. The van der Waals surface area contributed by atoms with Crippen molar-refractivity contribution in [3.8, 4) is 11.1 Å². The van der Waals surface area contributed by atoms with E-state index >= 15 is 0 Å². The largest absolute Gasteiger partial charge is 0.444 e. The molecule has 2 aliphatic rings. The molecule has 0 spiro atoms. The maximum atomic E-state index is 13.0. The molecular weight excluding hydrogens is 416 g/mol. The van der Waals surface area contributed by atoms with Crippen LogP contribution in [0.3, 0.4) is 0 Å². The van der Waals surface area contributed by atoms with Crippen molar-refractivity contribution in [3.05, 3.63) is 81.8 Å². The van der Waals surface area contributed by atoms with Gasteiger partial charge in [0.1, 0.15) is 11.4 Å². The van der Waals surface area contributed by atoms with Crippen LogP contribution < -0.4 is 5.56 Å². The van der Waals surface area contributed by atoms with Crippen molar-refractivity contribution >= 4 is 6.09 Å². The maximum absolute atomic E-state index is 13.0. The fraction of sp³-hybridized carbons (Fsp3) is 0.385. The third-order valence-corrected chi connectivity index (χ3v) is 6.32. The summed E-state index contributed by atoms with van der Waals surface area (Å²) in [6.07, 6.45) is 5.70. The van der Waals surface area contributed by atoms with Crippen LogP contribution in [0.15, 0.2) is 53.6 Å². The van der Waals surface area contributed by atoms with E-state index in [4.69, 9.17) is 9.72 Å². The molecule has 0 unspecified atom stereocenters. The van der Waals surface area contributed by atoms with Crippen LogP contribution in [0.5, 0.6) is 0 Å². The molecule has 1 aliphatic heterocycles. The monoisotopic (exact) mass is 444 g/mol. The van der Waals surface area contributed by atoms with E-state index in [1.54, 1.807) is 4.90 Å². The van der Waals surface area contributed by atoms with Crippen LogP contribution in [0.25, 0.3) is 11.1 Å². The van der Waals surface area contributed by atoms with E-state index in [0.717, 1.165) is 35.2 Å². The van der Waals surface area contributed by atoms with Gasteiger partial charge in [0.05, 0.1) is 23.2 Å². The van der Waals surface area contributed by atoms with Crippen LogP contribution in [0, 0.1) is 0 Å². The summed E-state index contributed by atoms with van der Waals surface area (Å²) in [4.78, 5) is 39.5. The van der Waals surface area contributed by atoms with Crippen molar-refractivity contribution in [2.45, 2.75) is 57.6 Å². The average molecular weight is 445 g/mol. The standard InChI is InChI=1S/C26H28N4O3/c1-25(2,3)33-24(32)30-12-9-21-20(16-30)22(31)29-23(28-21)26(10-11-26)19-13-18(14-27-15-19)17-7-5-4-6-8-17/h4-8,13-15H,9-12,16H2,1-3H3,(H,28,29,31). The molecular formula is C26H28N4O3. The minimum absolute atomic E-state index is 0.179. The molecule has 5 rings (SSSR count). The number of nitrogens with one attached hydrogen (secondary N) is 1. The fourth-order valence-corrected chi connectivity index (χ4v) is 4.41. The molecule has 1 saturated carbocycles. The van der Waals surface area contributed by atoms with E-state index in [-0.39, 0.29) is 17.5 Å². The SMILES string of the molecule is CC(C)(C)OC(=O)N1CCc2nc(C3(c4cncc(-c5ccccc5)c4)CC3)[nH]c(=O)c2C1. The Morgan fingerprint density at radius 1 is 1.12 bits per heavy atom. The number of H-pyrrole nitrogens is 1. The van der Waals surface area contributed by atoms with Crippen molar-refractivity contribution in [3.63, 3.8) is 0 Å². The van der Waals surface area contributed by atoms with Crippen molar-refractivity contribution in [2.24, 2.45) is 0 Å². The zero-order chi connectivity index (χ0) is 23.2. The van der Waals surface area contributed by atoms with E-state index in [9.17, 15) is 9.59 Å². The van der Waals surface area contributed by atoms with Gasteiger partial charge in [0.25, 0.3) is 5.56 Å². The van der Waals surface area contributed by atoms with E-state index in [1.807, 2.05) is 51.4 Å². The minimum atomic E-state index is -0.577. The van der Waals surface area contributed by atoms with Crippen LogP contribution in [0.4, 0.5) is 4.79 Å². The minimum Gasteiger partial charge on any atom is -0.444 e. The molecule has 33 heavy (non-hydrogen) atoms. The highest BCUT2D eigenvalue weighted by molar-refractivity contribution is 5.68. The van der Waals surface area contributed by atoms with Crippen molar-refractivity contribution in [1.29, 1.82) is 0 Å². The first-order valence-electron chi connectivity index (χ1n) is 11.4. The van der Waals surface area contributed by atoms with Gasteiger partial charge in [-0.15, -0.1) is 0 Å². The fourth-order valence-electron chi connectivity index (χ4n) is 4.41. The third-order valence-electron chi connectivity index (χ3n) is 6.32. The molecule has 3 aromatic rings. The van der Waals surface area contributed by atoms with Gasteiger partial charge in [-0.3, -0.25) is 9.78 Å². The summed E-state index contributed by atoms with van der Waals surface area (Å²) < 4.78 is 5.47. The number of carbonyl (C=O) groups is 1. The Morgan fingerprint density at radius 3 is 2.58 bits per heavy atom. The topological polar surface area (TPSA) is 88.2 Å². The Hall–Kier alpha value is -3.48. The summed E-state index contributed by atoms with van der Waals surface area (Å²) in [7, 11) is 0. The normalized spacial score (nSPS) is 16.8. The summed E-state index contributed by atoms with van der Waals surface area (Å²) in [6.45, 7) is 6.20. The van der Waals surface area contributed by atoms with Gasteiger partial charge in [0, 0.05) is 30.9 Å². The number of pyridine rings is 1. The molecule has 1 N–H and O–H groups in total. The van der Waals surface area contributed by atoms with Gasteiger partial charge in [0.15, 0.2) is 0 Å². The number of ether oxygens (including phenoxy) is 1. The number of hydrogen-bond acceptors (Lipinski definition) is 5. The summed E-state index contributed by atoms with van der Waals surface area (Å²) in [5, 5.41) is 0. The number of benzene rings is 1. The predicted molar refractivity (Wildman–Crippen MR) is 125 cm³/mol. The van der Waals surface area contributed by atoms with Crippen molar-refractivity contribution in [2.75, 3.05) is 6.54 Å². The van der Waals surface area contributed by atoms with Gasteiger partial charge in [-0.05, 0) is 50.8 Å². The first kappa shape index (κ1) is 21.4. The van der Waals surface area contributed by atoms with E-state index < -0.39 is 11.7 Å². The molecule has 2 aromatic heterocycles. The van der Waals surface area contributed by atoms with Gasteiger partial charge in [-0.2, -0.15) is 0 Å². The van der Waals surface area contributed by atoms with Crippen LogP contribution in [0.2, 0.25) is 0 Å². The number of carbonyl (C=O) groups excluding carboxylic acids is 1. The van der Waals surface area contributed by atoms with Gasteiger partial charge < -0.3 is 14.6 Å². The van der Waals surface area contributed by atoms with E-state index in [1.165, 1.54) is 0 Å². The Bertz CT molecular complexity index is 1260. The third kappa shape index (κ3) is 4.15. The quantitative estimate of drug-likeness (QED) is 0.654. The van der Waals surface area contributed by atoms with Gasteiger partial charge in [-0.25, -0.2) is 9.78 Å². The number of rotatable bonds is 3. The molecule has 0 radical (unpaired) electrons. The Kier molecular flexibility index (Phi) is 5.07. The van der Waals surface area contributed by atoms with Gasteiger partial charge in [0.2, 0.25) is 0 Å².